The minimum atomic E-state index is -3.98. The molecule has 1 N–H and O–H groups in total. The SMILES string of the molecule is CCN(Cc1ccc(Cl)s1)C(=O)c1ccc(S(=O)(=O)Nc2ccccc2F)cc1. The van der Waals surface area contributed by atoms with Gasteiger partial charge < -0.3 is 4.90 Å². The summed E-state index contributed by atoms with van der Waals surface area (Å²) < 4.78 is 41.6. The number of carbonyl (C=O) groups excluding carboxylic acids is 1. The Labute approximate surface area is 177 Å². The predicted octanol–water partition coefficient (Wildman–Crippen LogP) is 5.00. The molecule has 0 aliphatic heterocycles. The Kier molecular flexibility index (Phi) is 6.56. The van der Waals surface area contributed by atoms with E-state index in [0.29, 0.717) is 23.0 Å². The van der Waals surface area contributed by atoms with Gasteiger partial charge in [0.15, 0.2) is 0 Å². The lowest BCUT2D eigenvalue weighted by atomic mass is 10.2. The van der Waals surface area contributed by atoms with Gasteiger partial charge in [0.05, 0.1) is 21.5 Å². The monoisotopic (exact) mass is 452 g/mol. The Morgan fingerprint density at radius 3 is 2.38 bits per heavy atom. The topological polar surface area (TPSA) is 66.5 Å². The van der Waals surface area contributed by atoms with Crippen molar-refractivity contribution in [1.29, 1.82) is 0 Å². The zero-order valence-corrected chi connectivity index (χ0v) is 17.8. The van der Waals surface area contributed by atoms with E-state index >= 15 is 0 Å². The van der Waals surface area contributed by atoms with Crippen molar-refractivity contribution < 1.29 is 17.6 Å². The number of halogens is 2. The summed E-state index contributed by atoms with van der Waals surface area (Å²) >= 11 is 7.35. The molecule has 1 aromatic heterocycles. The van der Waals surface area contributed by atoms with Crippen molar-refractivity contribution in [3.63, 3.8) is 0 Å². The standard InChI is InChI=1S/C20H18ClFN2O3S2/c1-2-24(13-15-9-12-19(21)28-15)20(25)14-7-10-16(11-8-14)29(26,27)23-18-6-4-3-5-17(18)22/h3-12,23H,2,13H2,1H3. The maximum atomic E-state index is 13.7. The van der Waals surface area contributed by atoms with E-state index in [0.717, 1.165) is 4.88 Å². The second kappa shape index (κ2) is 8.94. The first-order chi connectivity index (χ1) is 13.8. The molecule has 0 saturated heterocycles. The summed E-state index contributed by atoms with van der Waals surface area (Å²) in [5, 5.41) is 0. The molecule has 3 rings (SSSR count). The van der Waals surface area contributed by atoms with Crippen LogP contribution >= 0.6 is 22.9 Å². The Morgan fingerprint density at radius 1 is 1.10 bits per heavy atom. The lowest BCUT2D eigenvalue weighted by molar-refractivity contribution is 0.0754. The third-order valence-electron chi connectivity index (χ3n) is 4.17. The fourth-order valence-electron chi connectivity index (χ4n) is 2.66. The number of nitrogens with zero attached hydrogens (tertiary/aromatic N) is 1. The number of sulfonamides is 1. The minimum absolute atomic E-state index is 0.0645. The molecular formula is C20H18ClFN2O3S2. The number of nitrogens with one attached hydrogen (secondary N) is 1. The van der Waals surface area contributed by atoms with Gasteiger partial charge in [0.25, 0.3) is 15.9 Å². The molecule has 0 spiro atoms. The average Bonchev–Trinajstić information content (AvgIpc) is 3.12. The van der Waals surface area contributed by atoms with Gasteiger partial charge >= 0.3 is 0 Å². The highest BCUT2D eigenvalue weighted by Gasteiger charge is 2.19. The van der Waals surface area contributed by atoms with Crippen LogP contribution in [0.1, 0.15) is 22.2 Å². The summed E-state index contributed by atoms with van der Waals surface area (Å²) in [6, 6.07) is 14.7. The van der Waals surface area contributed by atoms with Gasteiger partial charge in [-0.2, -0.15) is 0 Å². The highest BCUT2D eigenvalue weighted by atomic mass is 35.5. The number of thiophene rings is 1. The van der Waals surface area contributed by atoms with Crippen LogP contribution in [0.25, 0.3) is 0 Å². The van der Waals surface area contributed by atoms with E-state index in [1.54, 1.807) is 11.0 Å². The molecule has 0 bridgehead atoms. The van der Waals surface area contributed by atoms with Gasteiger partial charge in [0, 0.05) is 17.0 Å². The molecule has 5 nitrogen and oxygen atoms in total. The number of hydrogen-bond acceptors (Lipinski definition) is 4. The summed E-state index contributed by atoms with van der Waals surface area (Å²) in [7, 11) is -3.98. The third kappa shape index (κ3) is 5.14. The second-order valence-corrected chi connectivity index (χ2v) is 9.62. The summed E-state index contributed by atoms with van der Waals surface area (Å²) in [6.45, 7) is 2.77. The number of benzene rings is 2. The molecule has 29 heavy (non-hydrogen) atoms. The normalized spacial score (nSPS) is 11.3. The molecule has 2 aromatic carbocycles. The number of carbonyl (C=O) groups is 1. The summed E-state index contributed by atoms with van der Waals surface area (Å²) in [4.78, 5) is 15.3. The van der Waals surface area contributed by atoms with Crippen LogP contribution in [-0.2, 0) is 16.6 Å². The maximum Gasteiger partial charge on any atom is 0.261 e. The van der Waals surface area contributed by atoms with Crippen molar-refractivity contribution in [2.75, 3.05) is 11.3 Å². The number of hydrogen-bond donors (Lipinski definition) is 1. The van der Waals surface area contributed by atoms with E-state index in [1.807, 2.05) is 13.0 Å². The molecule has 0 radical (unpaired) electrons. The Bertz CT molecular complexity index is 1110. The molecule has 0 saturated carbocycles. The molecule has 0 atom stereocenters. The molecule has 9 heteroatoms. The lowest BCUT2D eigenvalue weighted by Gasteiger charge is -2.20. The van der Waals surface area contributed by atoms with Gasteiger partial charge in [-0.1, -0.05) is 23.7 Å². The van der Waals surface area contributed by atoms with Crippen LogP contribution < -0.4 is 4.72 Å². The Morgan fingerprint density at radius 2 is 1.79 bits per heavy atom. The molecule has 3 aromatic rings. The molecule has 0 fully saturated rings. The van der Waals surface area contributed by atoms with Crippen LogP contribution in [0.5, 0.6) is 0 Å². The zero-order chi connectivity index (χ0) is 21.0. The van der Waals surface area contributed by atoms with Crippen molar-refractivity contribution in [2.45, 2.75) is 18.4 Å². The van der Waals surface area contributed by atoms with Gasteiger partial charge in [-0.15, -0.1) is 11.3 Å². The largest absolute Gasteiger partial charge is 0.334 e. The fourth-order valence-corrected chi connectivity index (χ4v) is 4.83. The summed E-state index contributed by atoms with van der Waals surface area (Å²) in [5.74, 6) is -0.891. The first-order valence-corrected chi connectivity index (χ1v) is 11.4. The molecule has 0 unspecified atom stereocenters. The van der Waals surface area contributed by atoms with Gasteiger partial charge in [0.2, 0.25) is 0 Å². The number of anilines is 1. The van der Waals surface area contributed by atoms with Gasteiger partial charge in [0.1, 0.15) is 5.82 Å². The van der Waals surface area contributed by atoms with E-state index in [9.17, 15) is 17.6 Å². The number of para-hydroxylation sites is 1. The quantitative estimate of drug-likeness (QED) is 0.548. The zero-order valence-electron chi connectivity index (χ0n) is 15.4. The van der Waals surface area contributed by atoms with E-state index in [4.69, 9.17) is 11.6 Å². The molecule has 152 valence electrons. The first kappa shape index (κ1) is 21.3. The highest BCUT2D eigenvalue weighted by Crippen LogP contribution is 2.24. The highest BCUT2D eigenvalue weighted by molar-refractivity contribution is 7.92. The van der Waals surface area contributed by atoms with Gasteiger partial charge in [-0.05, 0) is 55.5 Å². The maximum absolute atomic E-state index is 13.7. The fraction of sp³-hybridized carbons (Fsp3) is 0.150. The van der Waals surface area contributed by atoms with Crippen LogP contribution in [0.15, 0.2) is 65.6 Å². The van der Waals surface area contributed by atoms with Gasteiger partial charge in [-0.25, -0.2) is 12.8 Å². The van der Waals surface area contributed by atoms with Crippen molar-refractivity contribution >= 4 is 44.6 Å². The van der Waals surface area contributed by atoms with Crippen LogP contribution in [0.2, 0.25) is 4.34 Å². The lowest BCUT2D eigenvalue weighted by Crippen LogP contribution is -2.30. The van der Waals surface area contributed by atoms with Crippen molar-refractivity contribution in [2.24, 2.45) is 0 Å². The molecule has 0 aliphatic carbocycles. The van der Waals surface area contributed by atoms with Crippen LogP contribution in [0.4, 0.5) is 10.1 Å². The minimum Gasteiger partial charge on any atom is -0.334 e. The summed E-state index contributed by atoms with van der Waals surface area (Å²) in [5.41, 5.74) is 0.221. The first-order valence-electron chi connectivity index (χ1n) is 8.71. The Balaban J connectivity index is 1.76. The van der Waals surface area contributed by atoms with Crippen molar-refractivity contribution in [3.8, 4) is 0 Å². The van der Waals surface area contributed by atoms with E-state index in [2.05, 4.69) is 4.72 Å². The number of amides is 1. The smallest absolute Gasteiger partial charge is 0.261 e. The molecular weight excluding hydrogens is 435 g/mol. The number of rotatable bonds is 7. The average molecular weight is 453 g/mol. The van der Waals surface area contributed by atoms with Crippen LogP contribution in [-0.4, -0.2) is 25.8 Å². The Hall–Kier alpha value is -2.42. The molecule has 0 aliphatic rings. The predicted molar refractivity (Wildman–Crippen MR) is 113 cm³/mol. The van der Waals surface area contributed by atoms with Crippen LogP contribution in [0, 0.1) is 5.82 Å². The van der Waals surface area contributed by atoms with Crippen molar-refractivity contribution in [3.05, 3.63) is 81.3 Å². The summed E-state index contributed by atoms with van der Waals surface area (Å²) in [6.07, 6.45) is 0. The van der Waals surface area contributed by atoms with Gasteiger partial charge in [-0.3, -0.25) is 9.52 Å². The van der Waals surface area contributed by atoms with Crippen LogP contribution in [0.3, 0.4) is 0 Å². The van der Waals surface area contributed by atoms with E-state index in [1.165, 1.54) is 59.9 Å². The molecule has 1 heterocycles. The molecule has 1 amide bonds. The van der Waals surface area contributed by atoms with Crippen molar-refractivity contribution in [1.82, 2.24) is 4.90 Å². The third-order valence-corrected chi connectivity index (χ3v) is 6.77. The van der Waals surface area contributed by atoms with E-state index < -0.39 is 15.8 Å². The van der Waals surface area contributed by atoms with E-state index in [-0.39, 0.29) is 16.5 Å². The second-order valence-electron chi connectivity index (χ2n) is 6.13.